The van der Waals surface area contributed by atoms with Gasteiger partial charge in [0.25, 0.3) is 0 Å². The summed E-state index contributed by atoms with van der Waals surface area (Å²) >= 11 is 0. The van der Waals surface area contributed by atoms with Crippen molar-refractivity contribution >= 4 is 0 Å². The van der Waals surface area contributed by atoms with Crippen LogP contribution in [0.1, 0.15) is 26.7 Å². The highest BCUT2D eigenvalue weighted by atomic mass is 16.7. The molecule has 0 saturated carbocycles. The minimum atomic E-state index is -0.443. The van der Waals surface area contributed by atoms with Crippen molar-refractivity contribution < 1.29 is 9.47 Å². The van der Waals surface area contributed by atoms with Crippen LogP contribution in [0.2, 0.25) is 0 Å². The van der Waals surface area contributed by atoms with E-state index in [9.17, 15) is 0 Å². The third-order valence-electron chi connectivity index (χ3n) is 1.95. The number of nitrogens with zero attached hydrogens (tertiary/aromatic N) is 1. The van der Waals surface area contributed by atoms with Gasteiger partial charge in [-0.1, -0.05) is 6.92 Å². The summed E-state index contributed by atoms with van der Waals surface area (Å²) < 4.78 is 10.9. The molecule has 0 amide bonds. The summed E-state index contributed by atoms with van der Waals surface area (Å²) in [5, 5.41) is 8.38. The molecule has 3 nitrogen and oxygen atoms in total. The molecule has 0 aromatic rings. The van der Waals surface area contributed by atoms with Crippen molar-refractivity contribution in [1.29, 1.82) is 5.26 Å². The van der Waals surface area contributed by atoms with Gasteiger partial charge in [-0.3, -0.25) is 0 Å². The van der Waals surface area contributed by atoms with Crippen LogP contribution in [0, 0.1) is 11.3 Å². The van der Waals surface area contributed by atoms with Crippen molar-refractivity contribution in [3.05, 3.63) is 0 Å². The molecular weight excluding hydrogens is 142 g/mol. The predicted molar refractivity (Wildman–Crippen MR) is 39.8 cm³/mol. The molecule has 1 fully saturated rings. The van der Waals surface area contributed by atoms with Crippen LogP contribution in [0.5, 0.6) is 0 Å². The maximum absolute atomic E-state index is 8.38. The lowest BCUT2D eigenvalue weighted by Gasteiger charge is -2.20. The highest BCUT2D eigenvalue weighted by Crippen LogP contribution is 2.27. The van der Waals surface area contributed by atoms with Crippen LogP contribution in [-0.4, -0.2) is 18.5 Å². The van der Waals surface area contributed by atoms with Crippen LogP contribution in [0.3, 0.4) is 0 Å². The average Bonchev–Trinajstić information content (AvgIpc) is 2.35. The van der Waals surface area contributed by atoms with E-state index in [-0.39, 0.29) is 6.10 Å². The first-order chi connectivity index (χ1) is 5.20. The van der Waals surface area contributed by atoms with Gasteiger partial charge in [-0.05, 0) is 13.3 Å². The summed E-state index contributed by atoms with van der Waals surface area (Å²) in [5.74, 6) is -0.443. The molecule has 0 bridgehead atoms. The quantitative estimate of drug-likeness (QED) is 0.606. The average molecular weight is 155 g/mol. The van der Waals surface area contributed by atoms with Crippen LogP contribution < -0.4 is 0 Å². The molecule has 1 heterocycles. The lowest BCUT2D eigenvalue weighted by Crippen LogP contribution is -2.25. The van der Waals surface area contributed by atoms with Gasteiger partial charge in [0.15, 0.2) is 5.79 Å². The first kappa shape index (κ1) is 8.51. The first-order valence-corrected chi connectivity index (χ1v) is 3.89. The highest BCUT2D eigenvalue weighted by Gasteiger charge is 2.35. The topological polar surface area (TPSA) is 42.2 Å². The fourth-order valence-corrected chi connectivity index (χ4v) is 1.08. The molecule has 1 saturated heterocycles. The minimum Gasteiger partial charge on any atom is -0.347 e. The van der Waals surface area contributed by atoms with E-state index >= 15 is 0 Å². The lowest BCUT2D eigenvalue weighted by atomic mass is 10.2. The normalized spacial score (nSPS) is 37.0. The zero-order valence-electron chi connectivity index (χ0n) is 6.96. The molecule has 11 heavy (non-hydrogen) atoms. The van der Waals surface area contributed by atoms with Crippen molar-refractivity contribution in [2.24, 2.45) is 0 Å². The van der Waals surface area contributed by atoms with Gasteiger partial charge in [-0.25, -0.2) is 0 Å². The number of hydrogen-bond donors (Lipinski definition) is 0. The highest BCUT2D eigenvalue weighted by molar-refractivity contribution is 4.82. The van der Waals surface area contributed by atoms with Crippen LogP contribution in [0.25, 0.3) is 0 Å². The Morgan fingerprint density at radius 1 is 1.73 bits per heavy atom. The molecule has 2 unspecified atom stereocenters. The summed E-state index contributed by atoms with van der Waals surface area (Å²) in [5.41, 5.74) is 0. The molecule has 0 aliphatic carbocycles. The van der Waals surface area contributed by atoms with Crippen molar-refractivity contribution in [2.45, 2.75) is 38.6 Å². The van der Waals surface area contributed by atoms with Crippen LogP contribution >= 0.6 is 0 Å². The van der Waals surface area contributed by atoms with E-state index in [0.29, 0.717) is 13.0 Å². The fourth-order valence-electron chi connectivity index (χ4n) is 1.08. The number of nitriles is 1. The van der Waals surface area contributed by atoms with Gasteiger partial charge >= 0.3 is 0 Å². The molecule has 3 heteroatoms. The standard InChI is InChI=1S/C8H13NO2/c1-3-8(2)10-6-7(11-8)4-5-9/h7H,3-4,6H2,1-2H3. The van der Waals surface area contributed by atoms with Crippen LogP contribution in [0.4, 0.5) is 0 Å². The van der Waals surface area contributed by atoms with Crippen molar-refractivity contribution in [3.8, 4) is 6.07 Å². The Morgan fingerprint density at radius 3 is 2.91 bits per heavy atom. The van der Waals surface area contributed by atoms with E-state index in [4.69, 9.17) is 14.7 Å². The van der Waals surface area contributed by atoms with Gasteiger partial charge in [0.1, 0.15) is 0 Å². The largest absolute Gasteiger partial charge is 0.347 e. The third kappa shape index (κ3) is 1.92. The van der Waals surface area contributed by atoms with Gasteiger partial charge in [0.05, 0.1) is 25.2 Å². The van der Waals surface area contributed by atoms with Gasteiger partial charge in [-0.15, -0.1) is 0 Å². The Kier molecular flexibility index (Phi) is 2.48. The van der Waals surface area contributed by atoms with E-state index in [2.05, 4.69) is 6.07 Å². The van der Waals surface area contributed by atoms with Crippen molar-refractivity contribution in [2.75, 3.05) is 6.61 Å². The second-order valence-electron chi connectivity index (χ2n) is 2.90. The van der Waals surface area contributed by atoms with Crippen LogP contribution in [0.15, 0.2) is 0 Å². The van der Waals surface area contributed by atoms with E-state index in [0.717, 1.165) is 6.42 Å². The van der Waals surface area contributed by atoms with Crippen LogP contribution in [-0.2, 0) is 9.47 Å². The molecule has 62 valence electrons. The van der Waals surface area contributed by atoms with Crippen molar-refractivity contribution in [3.63, 3.8) is 0 Å². The molecule has 1 aliphatic rings. The number of rotatable bonds is 2. The second-order valence-corrected chi connectivity index (χ2v) is 2.90. The Morgan fingerprint density at radius 2 is 2.45 bits per heavy atom. The SMILES string of the molecule is CCC1(C)OCC(CC#N)O1. The van der Waals surface area contributed by atoms with Gasteiger partial charge in [0, 0.05) is 0 Å². The van der Waals surface area contributed by atoms with Gasteiger partial charge in [0.2, 0.25) is 0 Å². The zero-order valence-corrected chi connectivity index (χ0v) is 6.96. The number of hydrogen-bond acceptors (Lipinski definition) is 3. The monoisotopic (exact) mass is 155 g/mol. The van der Waals surface area contributed by atoms with Gasteiger partial charge in [-0.2, -0.15) is 5.26 Å². The summed E-state index contributed by atoms with van der Waals surface area (Å²) in [6, 6.07) is 2.07. The maximum Gasteiger partial charge on any atom is 0.165 e. The molecule has 0 aromatic heterocycles. The summed E-state index contributed by atoms with van der Waals surface area (Å²) in [6.45, 7) is 4.47. The molecule has 0 N–H and O–H groups in total. The summed E-state index contributed by atoms with van der Waals surface area (Å²) in [7, 11) is 0. The second kappa shape index (κ2) is 3.21. The summed E-state index contributed by atoms with van der Waals surface area (Å²) in [4.78, 5) is 0. The Bertz CT molecular complexity index is 175. The molecule has 1 rings (SSSR count). The molecule has 2 atom stereocenters. The van der Waals surface area contributed by atoms with E-state index in [1.54, 1.807) is 0 Å². The molecule has 1 aliphatic heterocycles. The van der Waals surface area contributed by atoms with E-state index < -0.39 is 5.79 Å². The molecule has 0 aromatic carbocycles. The lowest BCUT2D eigenvalue weighted by molar-refractivity contribution is -0.154. The Hall–Kier alpha value is -0.590. The first-order valence-electron chi connectivity index (χ1n) is 3.89. The molecule has 0 radical (unpaired) electrons. The smallest absolute Gasteiger partial charge is 0.165 e. The Balaban J connectivity index is 2.41. The zero-order chi connectivity index (χ0) is 8.32. The fraction of sp³-hybridized carbons (Fsp3) is 0.875. The van der Waals surface area contributed by atoms with Crippen molar-refractivity contribution in [1.82, 2.24) is 0 Å². The minimum absolute atomic E-state index is 0.0232. The molecule has 0 spiro atoms. The maximum atomic E-state index is 8.38. The van der Waals surface area contributed by atoms with E-state index in [1.807, 2.05) is 13.8 Å². The number of ether oxygens (including phenoxy) is 2. The summed E-state index contributed by atoms with van der Waals surface area (Å²) in [6.07, 6.45) is 1.23. The predicted octanol–water partition coefficient (Wildman–Crippen LogP) is 1.44. The van der Waals surface area contributed by atoms with Gasteiger partial charge < -0.3 is 9.47 Å². The van der Waals surface area contributed by atoms with E-state index in [1.165, 1.54) is 0 Å². The Labute approximate surface area is 66.9 Å². The molecular formula is C8H13NO2. The third-order valence-corrected chi connectivity index (χ3v) is 1.95.